The van der Waals surface area contributed by atoms with E-state index < -0.39 is 0 Å². The summed E-state index contributed by atoms with van der Waals surface area (Å²) in [6, 6.07) is 9.81. The van der Waals surface area contributed by atoms with Gasteiger partial charge in [-0.15, -0.1) is 0 Å². The molecule has 2 N–H and O–H groups in total. The number of nitrogens with one attached hydrogen (secondary N) is 2. The number of fused-ring (bicyclic) bond motifs is 2. The zero-order chi connectivity index (χ0) is 23.9. The highest BCUT2D eigenvalue weighted by atomic mass is 16.1. The van der Waals surface area contributed by atoms with Crippen molar-refractivity contribution < 1.29 is 0 Å². The molecular formula is C26H28N8O. The van der Waals surface area contributed by atoms with Gasteiger partial charge in [0.05, 0.1) is 11.2 Å². The average molecular weight is 469 g/mol. The number of pyridine rings is 1. The Kier molecular flexibility index (Phi) is 5.46. The molecular weight excluding hydrogens is 440 g/mol. The van der Waals surface area contributed by atoms with Gasteiger partial charge in [-0.3, -0.25) is 14.5 Å². The first-order valence-corrected chi connectivity index (χ1v) is 12.4. The van der Waals surface area contributed by atoms with Crippen molar-refractivity contribution in [3.8, 4) is 6.07 Å². The number of hydrogen-bond donors (Lipinski definition) is 2. The predicted molar refractivity (Wildman–Crippen MR) is 135 cm³/mol. The Morgan fingerprint density at radius 1 is 1.14 bits per heavy atom. The standard InChI is InChI=1S/C26H28N8O/c1-33-10-8-16(9-11-33)23-21-13-19(6-7-22(21)31-32-23)29-26-28-15-18-12-17(14-27)25(35)34(24(18)30-26)20-4-2-3-5-20/h6-7,12-13,15-16,20H,2-5,8-11H2,1H3,(H,31,32)(H,28,29,30). The molecule has 0 amide bonds. The van der Waals surface area contributed by atoms with Gasteiger partial charge in [0.25, 0.3) is 5.56 Å². The van der Waals surface area contributed by atoms with Gasteiger partial charge in [-0.25, -0.2) is 4.98 Å². The Morgan fingerprint density at radius 3 is 2.71 bits per heavy atom. The maximum Gasteiger partial charge on any atom is 0.270 e. The molecule has 6 rings (SSSR count). The number of nitriles is 1. The second-order valence-corrected chi connectivity index (χ2v) is 9.83. The minimum absolute atomic E-state index is 0.0698. The lowest BCUT2D eigenvalue weighted by molar-refractivity contribution is 0.254. The van der Waals surface area contributed by atoms with E-state index in [1.807, 2.05) is 18.2 Å². The molecule has 35 heavy (non-hydrogen) atoms. The average Bonchev–Trinajstić information content (AvgIpc) is 3.54. The maximum atomic E-state index is 13.0. The number of piperidine rings is 1. The number of H-pyrrole nitrogens is 1. The van der Waals surface area contributed by atoms with E-state index in [-0.39, 0.29) is 17.2 Å². The molecule has 2 aliphatic rings. The summed E-state index contributed by atoms with van der Waals surface area (Å²) in [5.74, 6) is 0.874. The number of aromatic nitrogens is 5. The third kappa shape index (κ3) is 3.94. The van der Waals surface area contributed by atoms with Crippen molar-refractivity contribution in [3.63, 3.8) is 0 Å². The molecule has 178 valence electrons. The molecule has 4 aromatic rings. The van der Waals surface area contributed by atoms with Crippen LogP contribution in [0.25, 0.3) is 21.9 Å². The second-order valence-electron chi connectivity index (χ2n) is 9.83. The van der Waals surface area contributed by atoms with Gasteiger partial charge in [-0.1, -0.05) is 12.8 Å². The molecule has 3 aromatic heterocycles. The Balaban J connectivity index is 1.36. The van der Waals surface area contributed by atoms with Crippen LogP contribution in [-0.4, -0.2) is 49.8 Å². The number of likely N-dealkylation sites (tertiary alicyclic amines) is 1. The van der Waals surface area contributed by atoms with Crippen LogP contribution in [0, 0.1) is 11.3 Å². The van der Waals surface area contributed by atoms with Gasteiger partial charge in [0.1, 0.15) is 17.3 Å². The molecule has 2 fully saturated rings. The SMILES string of the molecule is CN1CCC(c2n[nH]c3ccc(Nc4ncc5cc(C#N)c(=O)n(C6CCCC6)c5n4)cc23)CC1. The Bertz CT molecular complexity index is 1500. The van der Waals surface area contributed by atoms with Crippen molar-refractivity contribution in [2.45, 2.75) is 50.5 Å². The highest BCUT2D eigenvalue weighted by molar-refractivity contribution is 5.86. The van der Waals surface area contributed by atoms with Crippen molar-refractivity contribution in [1.82, 2.24) is 29.6 Å². The summed E-state index contributed by atoms with van der Waals surface area (Å²) in [7, 11) is 2.16. The van der Waals surface area contributed by atoms with E-state index in [4.69, 9.17) is 4.98 Å². The number of aromatic amines is 1. The lowest BCUT2D eigenvalue weighted by atomic mass is 9.92. The quantitative estimate of drug-likeness (QED) is 0.461. The fourth-order valence-electron chi connectivity index (χ4n) is 5.60. The van der Waals surface area contributed by atoms with Crippen molar-refractivity contribution >= 4 is 33.6 Å². The van der Waals surface area contributed by atoms with E-state index in [9.17, 15) is 10.1 Å². The molecule has 0 bridgehead atoms. The number of nitrogens with zero attached hydrogens (tertiary/aromatic N) is 6. The molecule has 1 aliphatic carbocycles. The van der Waals surface area contributed by atoms with Gasteiger partial charge in [0.15, 0.2) is 0 Å². The van der Waals surface area contributed by atoms with Crippen LogP contribution in [-0.2, 0) is 0 Å². The van der Waals surface area contributed by atoms with Crippen LogP contribution in [0.2, 0.25) is 0 Å². The summed E-state index contributed by atoms with van der Waals surface area (Å²) >= 11 is 0. The fourth-order valence-corrected chi connectivity index (χ4v) is 5.60. The van der Waals surface area contributed by atoms with Crippen LogP contribution < -0.4 is 10.9 Å². The Morgan fingerprint density at radius 2 is 1.94 bits per heavy atom. The molecule has 9 heteroatoms. The third-order valence-electron chi connectivity index (χ3n) is 7.54. The molecule has 0 unspecified atom stereocenters. The van der Waals surface area contributed by atoms with E-state index in [0.717, 1.165) is 73.9 Å². The van der Waals surface area contributed by atoms with Gasteiger partial charge in [0.2, 0.25) is 5.95 Å². The first-order valence-electron chi connectivity index (χ1n) is 12.4. The minimum Gasteiger partial charge on any atom is -0.324 e. The number of anilines is 2. The highest BCUT2D eigenvalue weighted by Crippen LogP contribution is 2.33. The molecule has 1 aliphatic heterocycles. The third-order valence-corrected chi connectivity index (χ3v) is 7.54. The van der Waals surface area contributed by atoms with Crippen molar-refractivity contribution in [1.29, 1.82) is 5.26 Å². The van der Waals surface area contributed by atoms with Crippen LogP contribution in [0.1, 0.15) is 61.7 Å². The van der Waals surface area contributed by atoms with E-state index in [0.29, 0.717) is 22.9 Å². The molecule has 1 aromatic carbocycles. The maximum absolute atomic E-state index is 13.0. The number of rotatable bonds is 4. The Labute approximate surface area is 202 Å². The van der Waals surface area contributed by atoms with Gasteiger partial charge >= 0.3 is 0 Å². The largest absolute Gasteiger partial charge is 0.324 e. The smallest absolute Gasteiger partial charge is 0.270 e. The molecule has 0 atom stereocenters. The summed E-state index contributed by atoms with van der Waals surface area (Å²) < 4.78 is 1.71. The van der Waals surface area contributed by atoms with Gasteiger partial charge < -0.3 is 10.2 Å². The second kappa shape index (κ2) is 8.78. The molecule has 1 saturated heterocycles. The summed E-state index contributed by atoms with van der Waals surface area (Å²) in [4.78, 5) is 24.6. The van der Waals surface area contributed by atoms with Crippen molar-refractivity contribution in [2.75, 3.05) is 25.5 Å². The minimum atomic E-state index is -0.265. The predicted octanol–water partition coefficient (Wildman–Crippen LogP) is 4.21. The van der Waals surface area contributed by atoms with Gasteiger partial charge in [-0.2, -0.15) is 15.3 Å². The lowest BCUT2D eigenvalue weighted by Crippen LogP contribution is -2.29. The van der Waals surface area contributed by atoms with E-state index in [1.165, 1.54) is 0 Å². The van der Waals surface area contributed by atoms with Gasteiger partial charge in [-0.05, 0) is 70.1 Å². The van der Waals surface area contributed by atoms with Crippen LogP contribution in [0.4, 0.5) is 11.6 Å². The fraction of sp³-hybridized carbons (Fsp3) is 0.423. The summed E-state index contributed by atoms with van der Waals surface area (Å²) in [6.45, 7) is 2.16. The zero-order valence-corrected chi connectivity index (χ0v) is 19.8. The van der Waals surface area contributed by atoms with Crippen LogP contribution in [0.15, 0.2) is 35.3 Å². The summed E-state index contributed by atoms with van der Waals surface area (Å²) in [6.07, 6.45) is 7.90. The topological polar surface area (TPSA) is 116 Å². The first kappa shape index (κ1) is 21.7. The summed E-state index contributed by atoms with van der Waals surface area (Å²) in [5, 5.41) is 22.4. The monoisotopic (exact) mass is 468 g/mol. The molecule has 4 heterocycles. The Hall–Kier alpha value is -3.77. The van der Waals surface area contributed by atoms with Gasteiger partial charge in [0, 0.05) is 34.6 Å². The van der Waals surface area contributed by atoms with E-state index in [1.54, 1.807) is 16.8 Å². The van der Waals surface area contributed by atoms with Crippen LogP contribution >= 0.6 is 0 Å². The first-order chi connectivity index (χ1) is 17.1. The normalized spacial score (nSPS) is 17.8. The van der Waals surface area contributed by atoms with Crippen molar-refractivity contribution in [3.05, 3.63) is 52.1 Å². The highest BCUT2D eigenvalue weighted by Gasteiger charge is 2.24. The molecule has 1 saturated carbocycles. The van der Waals surface area contributed by atoms with E-state index >= 15 is 0 Å². The van der Waals surface area contributed by atoms with E-state index in [2.05, 4.69) is 38.5 Å². The zero-order valence-electron chi connectivity index (χ0n) is 19.8. The molecule has 9 nitrogen and oxygen atoms in total. The number of hydrogen-bond acceptors (Lipinski definition) is 7. The molecule has 0 spiro atoms. The van der Waals surface area contributed by atoms with Crippen molar-refractivity contribution in [2.24, 2.45) is 0 Å². The molecule has 0 radical (unpaired) electrons. The van der Waals surface area contributed by atoms with Crippen LogP contribution in [0.5, 0.6) is 0 Å². The number of benzene rings is 1. The lowest BCUT2D eigenvalue weighted by Gasteiger charge is -2.28. The summed E-state index contributed by atoms with van der Waals surface area (Å²) in [5.41, 5.74) is 3.46. The van der Waals surface area contributed by atoms with Crippen LogP contribution in [0.3, 0.4) is 0 Å².